The highest BCUT2D eigenvalue weighted by Crippen LogP contribution is 2.41. The molecule has 1 aromatic rings. The second kappa shape index (κ2) is 4.49. The third kappa shape index (κ3) is 2.07. The van der Waals surface area contributed by atoms with Crippen molar-refractivity contribution in [1.82, 2.24) is 0 Å². The largest absolute Gasteiger partial charge is 0.481 e. The predicted molar refractivity (Wildman–Crippen MR) is 65.0 cm³/mol. The molecule has 3 nitrogen and oxygen atoms in total. The van der Waals surface area contributed by atoms with Gasteiger partial charge >= 0.3 is 5.97 Å². The van der Waals surface area contributed by atoms with Crippen molar-refractivity contribution in [2.75, 3.05) is 0 Å². The molecule has 0 radical (unpaired) electrons. The topological polar surface area (TPSA) is 57.5 Å². The molecule has 1 fully saturated rings. The number of aliphatic hydroxyl groups is 1. The van der Waals surface area contributed by atoms with Crippen LogP contribution < -0.4 is 0 Å². The standard InChI is InChI=1S/C14H18O3/c1-10-4-2-3-5-12(10)14(13(16)17)8-6-11(15)7-9-14/h2-5,11,15H,6-9H2,1H3,(H,16,17). The van der Waals surface area contributed by atoms with Gasteiger partial charge in [-0.25, -0.2) is 0 Å². The molecule has 3 heteroatoms. The fourth-order valence-corrected chi connectivity index (χ4v) is 2.80. The first-order valence-corrected chi connectivity index (χ1v) is 6.04. The van der Waals surface area contributed by atoms with Crippen LogP contribution in [0.1, 0.15) is 36.8 Å². The SMILES string of the molecule is Cc1ccccc1C1(C(=O)O)CCC(O)CC1. The van der Waals surface area contributed by atoms with Gasteiger partial charge in [0.2, 0.25) is 0 Å². The van der Waals surface area contributed by atoms with Crippen molar-refractivity contribution in [2.45, 2.75) is 44.1 Å². The summed E-state index contributed by atoms with van der Waals surface area (Å²) < 4.78 is 0. The minimum Gasteiger partial charge on any atom is -0.481 e. The van der Waals surface area contributed by atoms with E-state index in [1.165, 1.54) is 0 Å². The summed E-state index contributed by atoms with van der Waals surface area (Å²) in [5.74, 6) is -0.765. The van der Waals surface area contributed by atoms with E-state index in [1.54, 1.807) is 0 Å². The number of aryl methyl sites for hydroxylation is 1. The maximum absolute atomic E-state index is 11.7. The molecule has 0 amide bonds. The molecule has 2 rings (SSSR count). The Morgan fingerprint density at radius 1 is 1.29 bits per heavy atom. The number of hydrogen-bond acceptors (Lipinski definition) is 2. The summed E-state index contributed by atoms with van der Waals surface area (Å²) in [5.41, 5.74) is 1.12. The van der Waals surface area contributed by atoms with Crippen LogP contribution >= 0.6 is 0 Å². The zero-order valence-corrected chi connectivity index (χ0v) is 10.0. The molecule has 0 heterocycles. The van der Waals surface area contributed by atoms with Crippen LogP contribution in [0, 0.1) is 6.92 Å². The molecule has 0 aliphatic heterocycles. The number of benzene rings is 1. The van der Waals surface area contributed by atoms with E-state index < -0.39 is 11.4 Å². The minimum absolute atomic E-state index is 0.341. The van der Waals surface area contributed by atoms with Gasteiger partial charge in [0.25, 0.3) is 0 Å². The van der Waals surface area contributed by atoms with E-state index in [1.807, 2.05) is 31.2 Å². The quantitative estimate of drug-likeness (QED) is 0.825. The Kier molecular flexibility index (Phi) is 3.20. The molecular weight excluding hydrogens is 216 g/mol. The Hall–Kier alpha value is -1.35. The van der Waals surface area contributed by atoms with Crippen LogP contribution in [0.15, 0.2) is 24.3 Å². The van der Waals surface area contributed by atoms with Crippen LogP contribution in [0.4, 0.5) is 0 Å². The number of carboxylic acid groups (broad SMARTS) is 1. The van der Waals surface area contributed by atoms with Crippen molar-refractivity contribution in [1.29, 1.82) is 0 Å². The fraction of sp³-hybridized carbons (Fsp3) is 0.500. The van der Waals surface area contributed by atoms with E-state index in [0.29, 0.717) is 25.7 Å². The smallest absolute Gasteiger partial charge is 0.314 e. The molecule has 17 heavy (non-hydrogen) atoms. The number of carboxylic acids is 1. The minimum atomic E-state index is -0.801. The van der Waals surface area contributed by atoms with Gasteiger partial charge in [-0.1, -0.05) is 24.3 Å². The van der Waals surface area contributed by atoms with E-state index in [0.717, 1.165) is 11.1 Å². The van der Waals surface area contributed by atoms with Gasteiger partial charge < -0.3 is 10.2 Å². The highest BCUT2D eigenvalue weighted by atomic mass is 16.4. The van der Waals surface area contributed by atoms with Gasteiger partial charge in [-0.15, -0.1) is 0 Å². The van der Waals surface area contributed by atoms with Gasteiger partial charge in [-0.05, 0) is 43.7 Å². The molecule has 92 valence electrons. The molecule has 0 unspecified atom stereocenters. The lowest BCUT2D eigenvalue weighted by molar-refractivity contribution is -0.146. The molecule has 0 saturated heterocycles. The van der Waals surface area contributed by atoms with Gasteiger partial charge in [0.1, 0.15) is 0 Å². The zero-order valence-electron chi connectivity index (χ0n) is 10.0. The highest BCUT2D eigenvalue weighted by Gasteiger charge is 2.43. The van der Waals surface area contributed by atoms with E-state index in [9.17, 15) is 15.0 Å². The molecule has 0 bridgehead atoms. The molecule has 0 aromatic heterocycles. The van der Waals surface area contributed by atoms with Gasteiger partial charge in [-0.2, -0.15) is 0 Å². The summed E-state index contributed by atoms with van der Waals surface area (Å²) in [4.78, 5) is 11.7. The van der Waals surface area contributed by atoms with E-state index >= 15 is 0 Å². The molecule has 1 aromatic carbocycles. The first kappa shape index (κ1) is 12.1. The van der Waals surface area contributed by atoms with Crippen LogP contribution in [-0.2, 0) is 10.2 Å². The Labute approximate surface area is 101 Å². The lowest BCUT2D eigenvalue weighted by Gasteiger charge is -2.36. The monoisotopic (exact) mass is 234 g/mol. The predicted octanol–water partition coefficient (Wildman–Crippen LogP) is 2.25. The van der Waals surface area contributed by atoms with Crippen molar-refractivity contribution in [3.8, 4) is 0 Å². The van der Waals surface area contributed by atoms with Gasteiger partial charge in [-0.3, -0.25) is 4.79 Å². The molecule has 1 saturated carbocycles. The van der Waals surface area contributed by atoms with Crippen molar-refractivity contribution in [3.63, 3.8) is 0 Å². The van der Waals surface area contributed by atoms with Crippen molar-refractivity contribution in [3.05, 3.63) is 35.4 Å². The van der Waals surface area contributed by atoms with Crippen LogP contribution in [0.2, 0.25) is 0 Å². The Bertz CT molecular complexity index is 417. The molecule has 2 N–H and O–H groups in total. The first-order chi connectivity index (χ1) is 8.06. The lowest BCUT2D eigenvalue weighted by Crippen LogP contribution is -2.41. The van der Waals surface area contributed by atoms with Crippen LogP contribution in [0.3, 0.4) is 0 Å². The Balaban J connectivity index is 2.42. The van der Waals surface area contributed by atoms with Crippen LogP contribution in [0.25, 0.3) is 0 Å². The van der Waals surface area contributed by atoms with Crippen molar-refractivity contribution >= 4 is 5.97 Å². The van der Waals surface area contributed by atoms with Crippen LogP contribution in [0.5, 0.6) is 0 Å². The second-order valence-corrected chi connectivity index (χ2v) is 4.93. The van der Waals surface area contributed by atoms with Crippen molar-refractivity contribution < 1.29 is 15.0 Å². The molecule has 1 aliphatic carbocycles. The van der Waals surface area contributed by atoms with E-state index in [2.05, 4.69) is 0 Å². The molecule has 0 spiro atoms. The van der Waals surface area contributed by atoms with Gasteiger partial charge in [0.05, 0.1) is 11.5 Å². The second-order valence-electron chi connectivity index (χ2n) is 4.93. The fourth-order valence-electron chi connectivity index (χ4n) is 2.80. The van der Waals surface area contributed by atoms with E-state index in [-0.39, 0.29) is 6.10 Å². The first-order valence-electron chi connectivity index (χ1n) is 6.04. The average Bonchev–Trinajstić information content (AvgIpc) is 2.31. The van der Waals surface area contributed by atoms with Crippen molar-refractivity contribution in [2.24, 2.45) is 0 Å². The number of aliphatic hydroxyl groups excluding tert-OH is 1. The number of carbonyl (C=O) groups is 1. The highest BCUT2D eigenvalue weighted by molar-refractivity contribution is 5.82. The average molecular weight is 234 g/mol. The number of hydrogen-bond donors (Lipinski definition) is 2. The molecular formula is C14H18O3. The Morgan fingerprint density at radius 3 is 2.41 bits per heavy atom. The maximum Gasteiger partial charge on any atom is 0.314 e. The lowest BCUT2D eigenvalue weighted by atomic mass is 9.67. The Morgan fingerprint density at radius 2 is 1.88 bits per heavy atom. The third-order valence-corrected chi connectivity index (χ3v) is 3.88. The third-order valence-electron chi connectivity index (χ3n) is 3.88. The molecule has 1 aliphatic rings. The van der Waals surface area contributed by atoms with Gasteiger partial charge in [0.15, 0.2) is 0 Å². The number of aliphatic carboxylic acids is 1. The summed E-state index contributed by atoms with van der Waals surface area (Å²) >= 11 is 0. The molecule has 0 atom stereocenters. The van der Waals surface area contributed by atoms with E-state index in [4.69, 9.17) is 0 Å². The summed E-state index contributed by atoms with van der Waals surface area (Å²) in [7, 11) is 0. The van der Waals surface area contributed by atoms with Gasteiger partial charge in [0, 0.05) is 0 Å². The maximum atomic E-state index is 11.7. The summed E-state index contributed by atoms with van der Waals surface area (Å²) in [5, 5.41) is 19.1. The number of rotatable bonds is 2. The summed E-state index contributed by atoms with van der Waals surface area (Å²) in [6, 6.07) is 7.66. The zero-order chi connectivity index (χ0) is 12.5. The normalized spacial score (nSPS) is 28.9. The van der Waals surface area contributed by atoms with Crippen LogP contribution in [-0.4, -0.2) is 22.3 Å². The summed E-state index contributed by atoms with van der Waals surface area (Å²) in [6.07, 6.45) is 1.84. The summed E-state index contributed by atoms with van der Waals surface area (Å²) in [6.45, 7) is 1.95.